The zero-order valence-electron chi connectivity index (χ0n) is 65.9. The smallest absolute Gasteiger partial charge is 0.160 e. The molecule has 0 amide bonds. The number of hydrogen-bond acceptors (Lipinski definition) is 6. The second-order valence-electron chi connectivity index (χ2n) is 30.9. The van der Waals surface area contributed by atoms with Gasteiger partial charge in [0.25, 0.3) is 0 Å². The van der Waals surface area contributed by atoms with Crippen molar-refractivity contribution in [2.24, 2.45) is 0 Å². The Labute approximate surface area is 694 Å². The normalized spacial score (nSPS) is 11.8. The van der Waals surface area contributed by atoms with Gasteiger partial charge in [0.2, 0.25) is 0 Å². The van der Waals surface area contributed by atoms with Crippen molar-refractivity contribution in [2.45, 2.75) is 19.3 Å². The Hall–Kier alpha value is -15.5. The molecule has 0 unspecified atom stereocenters. The van der Waals surface area contributed by atoms with E-state index in [1.165, 1.54) is 76.8 Å². The number of rotatable bonds is 16. The SMILES string of the molecule is CC1(C)c2ccccc2-c2ccc(-c3cc(-c4ccccc4)nc(-c4ccc(-c5ccc(N(c6ccc(-c7ccccc7)cc6)c6cccc7ccccc67)cc5)cc4)n3)cc21.c1ccc(-c2ccc(N(c3ccc(-c4ccc(-c5nc(-c6ccccc6)cc(-c6ccc7ccccc7c6)n5)cc4)cc3)c3cccc4ccccc34)cc2)cc1. The van der Waals surface area contributed by atoms with Crippen molar-refractivity contribution in [1.29, 1.82) is 0 Å². The first-order valence-electron chi connectivity index (χ1n) is 40.6. The Balaban J connectivity index is 0.000000153. The van der Waals surface area contributed by atoms with E-state index in [2.05, 4.69) is 460 Å². The van der Waals surface area contributed by atoms with Crippen molar-refractivity contribution in [3.63, 3.8) is 0 Å². The molecule has 0 atom stereocenters. The fraction of sp³-hybridized carbons (Fsp3) is 0.0265. The highest BCUT2D eigenvalue weighted by Gasteiger charge is 2.35. The predicted molar refractivity (Wildman–Crippen MR) is 498 cm³/mol. The molecule has 0 fully saturated rings. The molecule has 0 aliphatic heterocycles. The largest absolute Gasteiger partial charge is 0.310 e. The third-order valence-corrected chi connectivity index (χ3v) is 23.2. The summed E-state index contributed by atoms with van der Waals surface area (Å²) in [5, 5.41) is 7.22. The lowest BCUT2D eigenvalue weighted by molar-refractivity contribution is 0.660. The van der Waals surface area contributed by atoms with Gasteiger partial charge in [0.05, 0.1) is 34.2 Å². The van der Waals surface area contributed by atoms with E-state index >= 15 is 0 Å². The zero-order chi connectivity index (χ0) is 79.6. The number of aromatic nitrogens is 4. The predicted octanol–water partition coefficient (Wildman–Crippen LogP) is 30.3. The van der Waals surface area contributed by atoms with Crippen LogP contribution in [0.2, 0.25) is 0 Å². The summed E-state index contributed by atoms with van der Waals surface area (Å²) in [5.74, 6) is 1.40. The molecule has 20 aromatic rings. The number of nitrogens with zero attached hydrogens (tertiary/aromatic N) is 6. The fourth-order valence-corrected chi connectivity index (χ4v) is 16.9. The molecular weight excluding hydrogens is 1440 g/mol. The molecule has 6 nitrogen and oxygen atoms in total. The Bertz CT molecular complexity index is 7050. The highest BCUT2D eigenvalue weighted by Crippen LogP contribution is 2.50. The average molecular weight is 1520 g/mol. The first kappa shape index (κ1) is 72.5. The molecule has 6 heteroatoms. The van der Waals surface area contributed by atoms with Crippen LogP contribution in [0.25, 0.3) is 156 Å². The molecule has 0 N–H and O–H groups in total. The molecular formula is C113H80N6. The van der Waals surface area contributed by atoms with Crippen molar-refractivity contribution in [1.82, 2.24) is 19.9 Å². The van der Waals surface area contributed by atoms with Crippen LogP contribution in [0, 0.1) is 0 Å². The first-order valence-corrected chi connectivity index (χ1v) is 40.6. The minimum atomic E-state index is -0.101. The van der Waals surface area contributed by atoms with E-state index in [1.54, 1.807) is 0 Å². The average Bonchev–Trinajstić information content (AvgIpc) is 1.55. The Morgan fingerprint density at radius 3 is 0.891 bits per heavy atom. The van der Waals surface area contributed by atoms with E-state index in [4.69, 9.17) is 19.9 Å². The molecule has 119 heavy (non-hydrogen) atoms. The molecule has 0 spiro atoms. The van der Waals surface area contributed by atoms with Crippen LogP contribution in [0.4, 0.5) is 34.1 Å². The van der Waals surface area contributed by atoms with Crippen LogP contribution in [-0.2, 0) is 5.41 Å². The van der Waals surface area contributed by atoms with Crippen molar-refractivity contribution < 1.29 is 0 Å². The fourth-order valence-electron chi connectivity index (χ4n) is 16.9. The molecule has 21 rings (SSSR count). The van der Waals surface area contributed by atoms with Gasteiger partial charge in [-0.1, -0.05) is 378 Å². The summed E-state index contributed by atoms with van der Waals surface area (Å²) in [6, 6.07) is 160. The number of hydrogen-bond donors (Lipinski definition) is 0. The third-order valence-electron chi connectivity index (χ3n) is 23.2. The first-order chi connectivity index (χ1) is 58.7. The maximum absolute atomic E-state index is 5.24. The van der Waals surface area contributed by atoms with Gasteiger partial charge in [-0.15, -0.1) is 0 Å². The third kappa shape index (κ3) is 14.6. The molecule has 0 saturated heterocycles. The molecule has 0 bridgehead atoms. The molecule has 2 aromatic heterocycles. The quantitative estimate of drug-likeness (QED) is 0.0961. The van der Waals surface area contributed by atoms with Crippen LogP contribution in [0.3, 0.4) is 0 Å². The van der Waals surface area contributed by atoms with Gasteiger partial charge >= 0.3 is 0 Å². The highest BCUT2D eigenvalue weighted by atomic mass is 15.1. The van der Waals surface area contributed by atoms with Crippen molar-refractivity contribution >= 4 is 66.4 Å². The summed E-state index contributed by atoms with van der Waals surface area (Å²) in [5.41, 5.74) is 31.0. The second kappa shape index (κ2) is 31.7. The molecule has 2 heterocycles. The minimum Gasteiger partial charge on any atom is -0.310 e. The Kier molecular flexibility index (Phi) is 19.3. The van der Waals surface area contributed by atoms with Gasteiger partial charge < -0.3 is 9.80 Å². The van der Waals surface area contributed by atoms with Gasteiger partial charge in [-0.2, -0.15) is 0 Å². The van der Waals surface area contributed by atoms with E-state index < -0.39 is 0 Å². The summed E-state index contributed by atoms with van der Waals surface area (Å²) < 4.78 is 0. The van der Waals surface area contributed by atoms with Gasteiger partial charge in [0.15, 0.2) is 11.6 Å². The standard InChI is InChI=1S/C59H43N3.C54H37N3/c1-59(2)53-22-12-11-21-51(53)52-37-32-47(38-54(52)59)56-39-55(45-17-7-4-8-18-45)60-58(61-56)46-26-24-41(25-27-46)43-30-35-49(36-31-43)62(57-23-13-19-44-16-9-10-20-50(44)57)48-33-28-42(29-34-48)40-14-5-3-6-15-40;1-3-12-38(13-4-1)41-28-32-48(33-29-41)57(53-21-11-19-43-15-9-10-20-50(43)53)49-34-30-42(31-35-49)40-22-25-45(26-23-40)54-55-51(44-16-5-2-6-17-44)37-52(56-54)47-27-24-39-14-7-8-18-46(39)36-47/h3-39H,1-2H3;1-37H. The van der Waals surface area contributed by atoms with Gasteiger partial charge in [-0.3, -0.25) is 0 Å². The van der Waals surface area contributed by atoms with E-state index in [9.17, 15) is 0 Å². The highest BCUT2D eigenvalue weighted by molar-refractivity contribution is 6.01. The van der Waals surface area contributed by atoms with Crippen LogP contribution in [-0.4, -0.2) is 19.9 Å². The summed E-state index contributed by atoms with van der Waals surface area (Å²) in [6.45, 7) is 4.65. The number of fused-ring (bicyclic) bond motifs is 6. The van der Waals surface area contributed by atoms with Crippen LogP contribution in [0.1, 0.15) is 25.0 Å². The maximum Gasteiger partial charge on any atom is 0.160 e. The summed E-state index contributed by atoms with van der Waals surface area (Å²) >= 11 is 0. The summed E-state index contributed by atoms with van der Waals surface area (Å²) in [6.07, 6.45) is 0. The number of anilines is 6. The van der Waals surface area contributed by atoms with Crippen molar-refractivity contribution in [3.8, 4) is 123 Å². The Morgan fingerprint density at radius 1 is 0.185 bits per heavy atom. The van der Waals surface area contributed by atoms with Crippen LogP contribution in [0.15, 0.2) is 449 Å². The van der Waals surface area contributed by atoms with E-state index in [0.717, 1.165) is 113 Å². The van der Waals surface area contributed by atoms with Gasteiger partial charge in [0, 0.05) is 72.3 Å². The molecule has 1 aliphatic rings. The van der Waals surface area contributed by atoms with Crippen molar-refractivity contribution in [2.75, 3.05) is 9.80 Å². The van der Waals surface area contributed by atoms with Crippen LogP contribution >= 0.6 is 0 Å². The monoisotopic (exact) mass is 1520 g/mol. The van der Waals surface area contributed by atoms with Gasteiger partial charge in [0.1, 0.15) is 0 Å². The number of benzene rings is 18. The summed E-state index contributed by atoms with van der Waals surface area (Å²) in [4.78, 5) is 25.3. The summed E-state index contributed by atoms with van der Waals surface area (Å²) in [7, 11) is 0. The molecule has 0 saturated carbocycles. The van der Waals surface area contributed by atoms with Gasteiger partial charge in [-0.05, 0) is 173 Å². The van der Waals surface area contributed by atoms with E-state index in [-0.39, 0.29) is 5.41 Å². The minimum absolute atomic E-state index is 0.101. The van der Waals surface area contributed by atoms with E-state index in [0.29, 0.717) is 11.6 Å². The van der Waals surface area contributed by atoms with Crippen LogP contribution < -0.4 is 9.80 Å². The maximum atomic E-state index is 5.24. The van der Waals surface area contributed by atoms with Crippen molar-refractivity contribution in [3.05, 3.63) is 460 Å². The zero-order valence-corrected chi connectivity index (χ0v) is 65.9. The molecule has 0 radical (unpaired) electrons. The second-order valence-corrected chi connectivity index (χ2v) is 30.9. The molecule has 18 aromatic carbocycles. The Morgan fingerprint density at radius 2 is 0.471 bits per heavy atom. The van der Waals surface area contributed by atoms with Gasteiger partial charge in [-0.25, -0.2) is 19.9 Å². The lowest BCUT2D eigenvalue weighted by Gasteiger charge is -2.27. The topological polar surface area (TPSA) is 58.0 Å². The lowest BCUT2D eigenvalue weighted by Crippen LogP contribution is -2.14. The molecule has 1 aliphatic carbocycles. The molecule has 562 valence electrons. The van der Waals surface area contributed by atoms with Crippen LogP contribution in [0.5, 0.6) is 0 Å². The lowest BCUT2D eigenvalue weighted by atomic mass is 9.82. The van der Waals surface area contributed by atoms with E-state index in [1.807, 2.05) is 12.1 Å².